The molecular formula is C21H28FN3O2. The molecule has 2 atom stereocenters. The molecule has 0 aliphatic carbocycles. The van der Waals surface area contributed by atoms with E-state index in [0.717, 1.165) is 51.5 Å². The summed E-state index contributed by atoms with van der Waals surface area (Å²) in [5.41, 5.74) is 0.703. The lowest BCUT2D eigenvalue weighted by Gasteiger charge is -2.35. The smallest absolute Gasteiger partial charge is 0.249 e. The number of nitrogens with zero attached hydrogens (tertiary/aromatic N) is 3. The summed E-state index contributed by atoms with van der Waals surface area (Å²) in [4.78, 5) is 19.6. The molecule has 1 saturated heterocycles. The van der Waals surface area contributed by atoms with Crippen molar-refractivity contribution in [3.8, 4) is 11.4 Å². The van der Waals surface area contributed by atoms with Gasteiger partial charge in [-0.2, -0.15) is 4.98 Å². The first-order valence-electron chi connectivity index (χ1n) is 10.0. The summed E-state index contributed by atoms with van der Waals surface area (Å²) in [5, 5.41) is 4.05. The molecule has 6 heteroatoms. The van der Waals surface area contributed by atoms with Gasteiger partial charge < -0.3 is 9.42 Å². The average molecular weight is 373 g/mol. The minimum absolute atomic E-state index is 0.0602. The lowest BCUT2D eigenvalue weighted by atomic mass is 9.94. The van der Waals surface area contributed by atoms with Crippen molar-refractivity contribution < 1.29 is 13.7 Å². The molecule has 27 heavy (non-hydrogen) atoms. The fourth-order valence-electron chi connectivity index (χ4n) is 3.73. The van der Waals surface area contributed by atoms with Crippen LogP contribution >= 0.6 is 0 Å². The molecule has 146 valence electrons. The van der Waals surface area contributed by atoms with Crippen LogP contribution in [0.2, 0.25) is 0 Å². The quantitative estimate of drug-likeness (QED) is 0.674. The summed E-state index contributed by atoms with van der Waals surface area (Å²) in [6, 6.07) is 5.85. The Balaban J connectivity index is 1.79. The SMILES string of the molecule is CCCC[C@H](CC)C(=O)N1CCCC[C@@H]1c1nc(-c2ccc(F)cc2)no1. The number of benzene rings is 1. The molecule has 1 aliphatic heterocycles. The lowest BCUT2D eigenvalue weighted by molar-refractivity contribution is -0.140. The molecule has 0 spiro atoms. The Bertz CT molecular complexity index is 744. The number of hydrogen-bond acceptors (Lipinski definition) is 4. The van der Waals surface area contributed by atoms with Crippen LogP contribution in [0.1, 0.15) is 70.7 Å². The van der Waals surface area contributed by atoms with Crippen molar-refractivity contribution in [3.05, 3.63) is 36.0 Å². The molecule has 0 saturated carbocycles. The van der Waals surface area contributed by atoms with Gasteiger partial charge in [0, 0.05) is 18.0 Å². The van der Waals surface area contributed by atoms with Crippen molar-refractivity contribution in [1.82, 2.24) is 15.0 Å². The molecular weight excluding hydrogens is 345 g/mol. The number of likely N-dealkylation sites (tertiary alicyclic amines) is 1. The van der Waals surface area contributed by atoms with Gasteiger partial charge in [-0.15, -0.1) is 0 Å². The second-order valence-corrected chi connectivity index (χ2v) is 7.25. The van der Waals surface area contributed by atoms with E-state index in [1.165, 1.54) is 12.1 Å². The first kappa shape index (κ1) is 19.5. The fraction of sp³-hybridized carbons (Fsp3) is 0.571. The third-order valence-electron chi connectivity index (χ3n) is 5.36. The van der Waals surface area contributed by atoms with Crippen LogP contribution in [0.4, 0.5) is 4.39 Å². The first-order chi connectivity index (χ1) is 13.1. The van der Waals surface area contributed by atoms with E-state index in [2.05, 4.69) is 24.0 Å². The molecule has 0 unspecified atom stereocenters. The van der Waals surface area contributed by atoms with Gasteiger partial charge in [-0.25, -0.2) is 4.39 Å². The fourth-order valence-corrected chi connectivity index (χ4v) is 3.73. The van der Waals surface area contributed by atoms with Crippen LogP contribution < -0.4 is 0 Å². The average Bonchev–Trinajstić information content (AvgIpc) is 3.19. The van der Waals surface area contributed by atoms with E-state index in [-0.39, 0.29) is 23.7 Å². The second kappa shape index (κ2) is 9.11. The maximum Gasteiger partial charge on any atom is 0.249 e. The van der Waals surface area contributed by atoms with E-state index in [0.29, 0.717) is 17.3 Å². The zero-order valence-corrected chi connectivity index (χ0v) is 16.2. The molecule has 1 fully saturated rings. The maximum absolute atomic E-state index is 13.1. The van der Waals surface area contributed by atoms with E-state index in [9.17, 15) is 9.18 Å². The van der Waals surface area contributed by atoms with E-state index in [1.807, 2.05) is 4.90 Å². The summed E-state index contributed by atoms with van der Waals surface area (Å²) >= 11 is 0. The number of carbonyl (C=O) groups excluding carboxylic acids is 1. The highest BCUT2D eigenvalue weighted by Gasteiger charge is 2.34. The maximum atomic E-state index is 13.1. The molecule has 5 nitrogen and oxygen atoms in total. The van der Waals surface area contributed by atoms with Crippen molar-refractivity contribution in [2.45, 2.75) is 64.8 Å². The van der Waals surface area contributed by atoms with Gasteiger partial charge >= 0.3 is 0 Å². The lowest BCUT2D eigenvalue weighted by Crippen LogP contribution is -2.42. The Kier molecular flexibility index (Phi) is 6.58. The van der Waals surface area contributed by atoms with E-state index in [4.69, 9.17) is 4.52 Å². The molecule has 1 aromatic heterocycles. The van der Waals surface area contributed by atoms with Crippen LogP contribution in [0.25, 0.3) is 11.4 Å². The van der Waals surface area contributed by atoms with Crippen molar-refractivity contribution in [3.63, 3.8) is 0 Å². The molecule has 3 rings (SSSR count). The summed E-state index contributed by atoms with van der Waals surface area (Å²) in [5.74, 6) is 0.875. The highest BCUT2D eigenvalue weighted by atomic mass is 19.1. The van der Waals surface area contributed by atoms with E-state index in [1.54, 1.807) is 12.1 Å². The number of aromatic nitrogens is 2. The number of rotatable bonds is 7. The summed E-state index contributed by atoms with van der Waals surface area (Å²) < 4.78 is 18.6. The summed E-state index contributed by atoms with van der Waals surface area (Å²) in [7, 11) is 0. The van der Waals surface area contributed by atoms with Gasteiger partial charge in [0.05, 0.1) is 0 Å². The minimum Gasteiger partial charge on any atom is -0.337 e. The Morgan fingerprint density at radius 2 is 2.07 bits per heavy atom. The highest BCUT2D eigenvalue weighted by Crippen LogP contribution is 2.33. The Hall–Kier alpha value is -2.24. The van der Waals surface area contributed by atoms with Gasteiger partial charge in [-0.05, 0) is 56.4 Å². The second-order valence-electron chi connectivity index (χ2n) is 7.25. The minimum atomic E-state index is -0.302. The third-order valence-corrected chi connectivity index (χ3v) is 5.36. The van der Waals surface area contributed by atoms with Crippen molar-refractivity contribution in [2.75, 3.05) is 6.54 Å². The van der Waals surface area contributed by atoms with Crippen molar-refractivity contribution in [2.24, 2.45) is 5.92 Å². The number of halogens is 1. The molecule has 1 aromatic carbocycles. The van der Waals surface area contributed by atoms with Gasteiger partial charge in [-0.3, -0.25) is 4.79 Å². The number of piperidine rings is 1. The Morgan fingerprint density at radius 1 is 1.30 bits per heavy atom. The van der Waals surface area contributed by atoms with Gasteiger partial charge in [0.1, 0.15) is 11.9 Å². The number of hydrogen-bond donors (Lipinski definition) is 0. The van der Waals surface area contributed by atoms with Crippen molar-refractivity contribution >= 4 is 5.91 Å². The largest absolute Gasteiger partial charge is 0.337 e. The Labute approximate surface area is 159 Å². The Morgan fingerprint density at radius 3 is 2.78 bits per heavy atom. The molecule has 0 radical (unpaired) electrons. The zero-order chi connectivity index (χ0) is 19.2. The third kappa shape index (κ3) is 4.54. The van der Waals surface area contributed by atoms with Crippen LogP contribution in [0, 0.1) is 11.7 Å². The number of carbonyl (C=O) groups is 1. The van der Waals surface area contributed by atoms with Crippen LogP contribution in [-0.4, -0.2) is 27.5 Å². The predicted octanol–water partition coefficient (Wildman–Crippen LogP) is 5.15. The van der Waals surface area contributed by atoms with Gasteiger partial charge in [0.25, 0.3) is 0 Å². The van der Waals surface area contributed by atoms with Crippen LogP contribution in [-0.2, 0) is 4.79 Å². The van der Waals surface area contributed by atoms with Gasteiger partial charge in [0.2, 0.25) is 17.6 Å². The van der Waals surface area contributed by atoms with Gasteiger partial charge in [0.15, 0.2) is 0 Å². The van der Waals surface area contributed by atoms with Crippen molar-refractivity contribution in [1.29, 1.82) is 0 Å². The van der Waals surface area contributed by atoms with E-state index < -0.39 is 0 Å². The van der Waals surface area contributed by atoms with Crippen LogP contribution in [0.5, 0.6) is 0 Å². The predicted molar refractivity (Wildman–Crippen MR) is 101 cm³/mol. The van der Waals surface area contributed by atoms with Gasteiger partial charge in [-0.1, -0.05) is 31.8 Å². The first-order valence-corrected chi connectivity index (χ1v) is 10.0. The molecule has 0 N–H and O–H groups in total. The standard InChI is InChI=1S/C21H28FN3O2/c1-3-5-8-15(4-2)21(26)25-14-7-6-9-18(25)20-23-19(24-27-20)16-10-12-17(22)13-11-16/h10-13,15,18H,3-9,14H2,1-2H3/t15-,18+/m0/s1. The highest BCUT2D eigenvalue weighted by molar-refractivity contribution is 5.79. The molecule has 1 amide bonds. The molecule has 1 aliphatic rings. The van der Waals surface area contributed by atoms with Crippen LogP contribution in [0.15, 0.2) is 28.8 Å². The summed E-state index contributed by atoms with van der Waals surface area (Å²) in [6.07, 6.45) is 6.82. The summed E-state index contributed by atoms with van der Waals surface area (Å²) in [6.45, 7) is 4.97. The zero-order valence-electron chi connectivity index (χ0n) is 16.2. The van der Waals surface area contributed by atoms with E-state index >= 15 is 0 Å². The number of amides is 1. The molecule has 0 bridgehead atoms. The topological polar surface area (TPSA) is 59.2 Å². The molecule has 2 heterocycles. The monoisotopic (exact) mass is 373 g/mol. The number of unbranched alkanes of at least 4 members (excludes halogenated alkanes) is 1. The normalized spacial score (nSPS) is 18.5. The molecule has 2 aromatic rings. The van der Waals surface area contributed by atoms with Crippen LogP contribution in [0.3, 0.4) is 0 Å².